The molecule has 1 aromatic carbocycles. The van der Waals surface area contributed by atoms with Gasteiger partial charge in [0.2, 0.25) is 7.37 Å². The first-order valence-corrected chi connectivity index (χ1v) is 10.4. The SMILES string of the molecule is CP(=O)(O)Cc1cccc(Cn2c(=O)[nH]c3c(N)nc(OCCO)nc32)c1. The molecule has 10 nitrogen and oxygen atoms in total. The van der Waals surface area contributed by atoms with Crippen molar-refractivity contribution in [1.29, 1.82) is 0 Å². The van der Waals surface area contributed by atoms with Gasteiger partial charge in [-0.1, -0.05) is 24.3 Å². The summed E-state index contributed by atoms with van der Waals surface area (Å²) >= 11 is 0. The predicted octanol–water partition coefficient (Wildman–Crippen LogP) is 0.521. The molecule has 2 heterocycles. The van der Waals surface area contributed by atoms with Gasteiger partial charge in [0.1, 0.15) is 12.1 Å². The Morgan fingerprint density at radius 1 is 1.33 bits per heavy atom. The van der Waals surface area contributed by atoms with Crippen LogP contribution in [-0.2, 0) is 17.3 Å². The van der Waals surface area contributed by atoms with E-state index in [0.717, 1.165) is 5.56 Å². The molecule has 0 aliphatic heterocycles. The Morgan fingerprint density at radius 2 is 2.07 bits per heavy atom. The number of fused-ring (bicyclic) bond motifs is 1. The number of aliphatic hydroxyl groups is 1. The van der Waals surface area contributed by atoms with E-state index >= 15 is 0 Å². The molecule has 3 rings (SSSR count). The first kappa shape index (κ1) is 19.1. The number of benzene rings is 1. The molecular weight excluding hydrogens is 373 g/mol. The highest BCUT2D eigenvalue weighted by molar-refractivity contribution is 7.56. The van der Waals surface area contributed by atoms with Gasteiger partial charge in [-0.05, 0) is 11.1 Å². The Hall–Kier alpha value is -2.68. The van der Waals surface area contributed by atoms with Gasteiger partial charge in [-0.15, -0.1) is 0 Å². The minimum Gasteiger partial charge on any atom is -0.461 e. The maximum atomic E-state index is 12.4. The number of rotatable bonds is 7. The number of nitrogens with two attached hydrogens (primary N) is 1. The lowest BCUT2D eigenvalue weighted by atomic mass is 10.1. The van der Waals surface area contributed by atoms with Crippen LogP contribution >= 0.6 is 7.37 Å². The second-order valence-corrected chi connectivity index (χ2v) is 8.63. The Morgan fingerprint density at radius 3 is 2.78 bits per heavy atom. The zero-order valence-electron chi connectivity index (χ0n) is 14.6. The van der Waals surface area contributed by atoms with Crippen molar-refractivity contribution >= 4 is 24.4 Å². The van der Waals surface area contributed by atoms with E-state index in [-0.39, 0.29) is 43.4 Å². The molecule has 1 atom stereocenters. The summed E-state index contributed by atoms with van der Waals surface area (Å²) in [5.41, 5.74) is 7.48. The van der Waals surface area contributed by atoms with Crippen molar-refractivity contribution in [2.45, 2.75) is 12.7 Å². The summed E-state index contributed by atoms with van der Waals surface area (Å²) in [5.74, 6) is 0.0599. The minimum absolute atomic E-state index is 0.000118. The number of hydrogen-bond acceptors (Lipinski definition) is 7. The molecule has 0 aliphatic carbocycles. The Bertz CT molecular complexity index is 1070. The van der Waals surface area contributed by atoms with Gasteiger partial charge in [0, 0.05) is 12.8 Å². The molecule has 0 spiro atoms. The first-order valence-electron chi connectivity index (χ1n) is 8.13. The van der Waals surface area contributed by atoms with Crippen molar-refractivity contribution in [3.63, 3.8) is 0 Å². The maximum absolute atomic E-state index is 12.4. The fourth-order valence-electron chi connectivity index (χ4n) is 2.73. The van der Waals surface area contributed by atoms with Crippen molar-refractivity contribution in [2.75, 3.05) is 25.6 Å². The van der Waals surface area contributed by atoms with Crippen LogP contribution in [0, 0.1) is 0 Å². The number of ether oxygens (including phenoxy) is 1. The van der Waals surface area contributed by atoms with Gasteiger partial charge in [-0.3, -0.25) is 9.13 Å². The standard InChI is InChI=1S/C16H20N5O5P/c1-27(24,25)9-11-4-2-3-10(7-11)8-21-14-12(18-16(21)23)13(17)19-15(20-14)26-6-5-22/h2-4,7,22H,5-6,8-9H2,1H3,(H,18,23)(H,24,25)(H2,17,19,20). The van der Waals surface area contributed by atoms with Crippen LogP contribution in [0.1, 0.15) is 11.1 Å². The first-order chi connectivity index (χ1) is 12.8. The summed E-state index contributed by atoms with van der Waals surface area (Å²) in [7, 11) is -3.20. The zero-order valence-corrected chi connectivity index (χ0v) is 15.5. The number of H-pyrrole nitrogens is 1. The van der Waals surface area contributed by atoms with Crippen LogP contribution in [0.5, 0.6) is 6.01 Å². The summed E-state index contributed by atoms with van der Waals surface area (Å²) in [6.07, 6.45) is 0.0535. The summed E-state index contributed by atoms with van der Waals surface area (Å²) in [6, 6.07) is 7.06. The van der Waals surface area contributed by atoms with Gasteiger partial charge >= 0.3 is 11.7 Å². The molecule has 3 aromatic rings. The Kier molecular flexibility index (Phi) is 5.31. The normalized spacial score (nSPS) is 13.6. The third-order valence-electron chi connectivity index (χ3n) is 3.76. The van der Waals surface area contributed by atoms with E-state index in [9.17, 15) is 14.3 Å². The molecule has 27 heavy (non-hydrogen) atoms. The molecule has 1 unspecified atom stereocenters. The molecule has 0 saturated carbocycles. The molecule has 144 valence electrons. The van der Waals surface area contributed by atoms with Crippen LogP contribution in [0.25, 0.3) is 11.2 Å². The number of nitrogens with one attached hydrogen (secondary N) is 1. The fourth-order valence-corrected chi connectivity index (χ4v) is 3.60. The van der Waals surface area contributed by atoms with Crippen LogP contribution in [0.3, 0.4) is 0 Å². The van der Waals surface area contributed by atoms with Crippen LogP contribution < -0.4 is 16.2 Å². The quantitative estimate of drug-likeness (QED) is 0.423. The Balaban J connectivity index is 1.98. The minimum atomic E-state index is -3.20. The highest BCUT2D eigenvalue weighted by Crippen LogP contribution is 2.39. The smallest absolute Gasteiger partial charge is 0.328 e. The molecule has 0 fully saturated rings. The van der Waals surface area contributed by atoms with Gasteiger partial charge in [0.25, 0.3) is 0 Å². The number of nitrogen functional groups attached to an aromatic ring is 1. The molecule has 0 saturated heterocycles. The topological polar surface area (TPSA) is 156 Å². The lowest BCUT2D eigenvalue weighted by Crippen LogP contribution is -2.18. The number of hydrogen-bond donors (Lipinski definition) is 4. The van der Waals surface area contributed by atoms with Crippen LogP contribution in [0.2, 0.25) is 0 Å². The van der Waals surface area contributed by atoms with Crippen molar-refractivity contribution in [3.8, 4) is 6.01 Å². The highest BCUT2D eigenvalue weighted by atomic mass is 31.2. The monoisotopic (exact) mass is 393 g/mol. The third-order valence-corrected chi connectivity index (χ3v) is 4.71. The molecule has 0 amide bonds. The second-order valence-electron chi connectivity index (χ2n) is 6.21. The molecule has 0 aliphatic rings. The van der Waals surface area contributed by atoms with Crippen molar-refractivity contribution < 1.29 is 19.3 Å². The summed E-state index contributed by atoms with van der Waals surface area (Å²) < 4.78 is 18.2. The fraction of sp³-hybridized carbons (Fsp3) is 0.312. The van der Waals surface area contributed by atoms with E-state index in [1.807, 2.05) is 0 Å². The number of imidazole rings is 1. The van der Waals surface area contributed by atoms with Gasteiger partial charge in [0.15, 0.2) is 11.5 Å². The van der Waals surface area contributed by atoms with Gasteiger partial charge < -0.3 is 25.5 Å². The lowest BCUT2D eigenvalue weighted by molar-refractivity contribution is 0.192. The molecule has 11 heteroatoms. The van der Waals surface area contributed by atoms with E-state index < -0.39 is 13.1 Å². The summed E-state index contributed by atoms with van der Waals surface area (Å²) in [6.45, 7) is 1.28. The van der Waals surface area contributed by atoms with Gasteiger partial charge in [-0.25, -0.2) is 4.79 Å². The average molecular weight is 393 g/mol. The van der Waals surface area contributed by atoms with Gasteiger partial charge in [0.05, 0.1) is 13.2 Å². The molecule has 0 bridgehead atoms. The Labute approximate surface area is 154 Å². The maximum Gasteiger partial charge on any atom is 0.328 e. The van der Waals surface area contributed by atoms with Crippen molar-refractivity contribution in [2.24, 2.45) is 0 Å². The van der Waals surface area contributed by atoms with E-state index in [1.54, 1.807) is 24.3 Å². The predicted molar refractivity (Wildman–Crippen MR) is 100 cm³/mol. The number of aromatic amines is 1. The number of anilines is 1. The van der Waals surface area contributed by atoms with Crippen LogP contribution in [0.15, 0.2) is 29.1 Å². The molecular formula is C16H20N5O5P. The van der Waals surface area contributed by atoms with Crippen molar-refractivity contribution in [1.82, 2.24) is 19.5 Å². The summed E-state index contributed by atoms with van der Waals surface area (Å²) in [5, 5.41) is 8.86. The molecule has 0 radical (unpaired) electrons. The van der Waals surface area contributed by atoms with Crippen LogP contribution in [0.4, 0.5) is 5.82 Å². The van der Waals surface area contributed by atoms with E-state index in [2.05, 4.69) is 15.0 Å². The third kappa shape index (κ3) is 4.54. The summed E-state index contributed by atoms with van der Waals surface area (Å²) in [4.78, 5) is 32.7. The van der Waals surface area contributed by atoms with E-state index in [0.29, 0.717) is 11.1 Å². The number of aliphatic hydroxyl groups excluding tert-OH is 1. The van der Waals surface area contributed by atoms with E-state index in [4.69, 9.17) is 15.6 Å². The largest absolute Gasteiger partial charge is 0.461 e. The molecule has 5 N–H and O–H groups in total. The number of aromatic nitrogens is 4. The highest BCUT2D eigenvalue weighted by Gasteiger charge is 2.16. The van der Waals surface area contributed by atoms with Crippen LogP contribution in [-0.4, -0.2) is 49.4 Å². The van der Waals surface area contributed by atoms with Gasteiger partial charge in [-0.2, -0.15) is 9.97 Å². The molecule has 2 aromatic heterocycles. The van der Waals surface area contributed by atoms with Crippen molar-refractivity contribution in [3.05, 3.63) is 45.9 Å². The second kappa shape index (κ2) is 7.51. The lowest BCUT2D eigenvalue weighted by Gasteiger charge is -2.09. The average Bonchev–Trinajstić information content (AvgIpc) is 2.89. The number of nitrogens with zero attached hydrogens (tertiary/aromatic N) is 3. The van der Waals surface area contributed by atoms with E-state index in [1.165, 1.54) is 11.2 Å². The zero-order chi connectivity index (χ0) is 19.6.